The maximum absolute atomic E-state index is 13.5. The smallest absolute Gasteiger partial charge is 0.458 e. The Bertz CT molecular complexity index is 932. The zero-order chi connectivity index (χ0) is 22.2. The quantitative estimate of drug-likeness (QED) is 0.675. The van der Waals surface area contributed by atoms with Crippen molar-refractivity contribution >= 4 is 17.5 Å². The number of carbonyl (C=O) groups excluding carboxylic acids is 2. The number of nitrogens with one attached hydrogen (secondary N) is 1. The number of furan rings is 1. The predicted molar refractivity (Wildman–Crippen MR) is 94.5 cm³/mol. The van der Waals surface area contributed by atoms with Gasteiger partial charge in [0.15, 0.2) is 0 Å². The van der Waals surface area contributed by atoms with Crippen molar-refractivity contribution in [3.05, 3.63) is 53.0 Å². The van der Waals surface area contributed by atoms with Crippen LogP contribution in [0.5, 0.6) is 0 Å². The number of alkyl halides is 5. The molecule has 1 heterocycles. The number of nitrogens with two attached hydrogens (primary N) is 1. The SMILES string of the molecule is Cc1cc(C(F)(F)C(F)(F)F)ccc1NC(=O)c1ccoc1CC(C)(C)C(N)=O. The number of anilines is 1. The lowest BCUT2D eigenvalue weighted by Gasteiger charge is -2.21. The van der Waals surface area contributed by atoms with Gasteiger partial charge >= 0.3 is 12.1 Å². The van der Waals surface area contributed by atoms with Gasteiger partial charge in [0.1, 0.15) is 5.76 Å². The first-order valence-electron chi connectivity index (χ1n) is 8.40. The van der Waals surface area contributed by atoms with E-state index < -0.39 is 34.9 Å². The number of amides is 2. The fraction of sp³-hybridized carbons (Fsp3) is 0.368. The predicted octanol–water partition coefficient (Wildman–Crippen LogP) is 4.55. The summed E-state index contributed by atoms with van der Waals surface area (Å²) in [6.07, 6.45) is -4.46. The number of rotatable bonds is 6. The Hall–Kier alpha value is -2.91. The van der Waals surface area contributed by atoms with Gasteiger partial charge in [-0.15, -0.1) is 0 Å². The first-order valence-corrected chi connectivity index (χ1v) is 8.40. The summed E-state index contributed by atoms with van der Waals surface area (Å²) in [5.41, 5.74) is 3.25. The molecule has 1 aromatic heterocycles. The molecule has 0 atom stereocenters. The average Bonchev–Trinajstić information content (AvgIpc) is 3.02. The van der Waals surface area contributed by atoms with E-state index >= 15 is 0 Å². The lowest BCUT2D eigenvalue weighted by Crippen LogP contribution is -2.34. The summed E-state index contributed by atoms with van der Waals surface area (Å²) in [6.45, 7) is 4.44. The topological polar surface area (TPSA) is 85.3 Å². The molecule has 10 heteroatoms. The van der Waals surface area contributed by atoms with Crippen LogP contribution in [0.4, 0.5) is 27.6 Å². The Kier molecular flexibility index (Phi) is 5.78. The summed E-state index contributed by atoms with van der Waals surface area (Å²) in [7, 11) is 0. The average molecular weight is 418 g/mol. The maximum atomic E-state index is 13.5. The molecule has 0 aliphatic rings. The van der Waals surface area contributed by atoms with E-state index in [9.17, 15) is 31.5 Å². The highest BCUT2D eigenvalue weighted by Gasteiger charge is 2.58. The van der Waals surface area contributed by atoms with Crippen LogP contribution < -0.4 is 11.1 Å². The van der Waals surface area contributed by atoms with Crippen molar-refractivity contribution in [3.8, 4) is 0 Å². The molecule has 2 amide bonds. The third-order valence-electron chi connectivity index (χ3n) is 4.45. The number of hydrogen-bond donors (Lipinski definition) is 2. The zero-order valence-electron chi connectivity index (χ0n) is 15.8. The minimum Gasteiger partial charge on any atom is -0.468 e. The monoisotopic (exact) mass is 418 g/mol. The van der Waals surface area contributed by atoms with Crippen LogP contribution in [-0.4, -0.2) is 18.0 Å². The van der Waals surface area contributed by atoms with Gasteiger partial charge in [-0.3, -0.25) is 9.59 Å². The first-order chi connectivity index (χ1) is 13.2. The van der Waals surface area contributed by atoms with Gasteiger partial charge in [-0.2, -0.15) is 22.0 Å². The van der Waals surface area contributed by atoms with E-state index in [4.69, 9.17) is 10.2 Å². The van der Waals surface area contributed by atoms with Gasteiger partial charge in [0.25, 0.3) is 5.91 Å². The number of halogens is 5. The van der Waals surface area contributed by atoms with Crippen LogP contribution in [0.3, 0.4) is 0 Å². The van der Waals surface area contributed by atoms with E-state index in [1.807, 2.05) is 0 Å². The molecular weight excluding hydrogens is 399 g/mol. The molecular formula is C19H19F5N2O3. The van der Waals surface area contributed by atoms with E-state index in [1.54, 1.807) is 13.8 Å². The minimum atomic E-state index is -5.73. The minimum absolute atomic E-state index is 0.0160. The lowest BCUT2D eigenvalue weighted by atomic mass is 9.86. The molecule has 0 spiro atoms. The summed E-state index contributed by atoms with van der Waals surface area (Å²) < 4.78 is 69.8. The van der Waals surface area contributed by atoms with Crippen LogP contribution >= 0.6 is 0 Å². The zero-order valence-corrected chi connectivity index (χ0v) is 15.8. The van der Waals surface area contributed by atoms with Crippen molar-refractivity contribution < 1.29 is 36.0 Å². The Morgan fingerprint density at radius 1 is 1.10 bits per heavy atom. The highest BCUT2D eigenvalue weighted by Crippen LogP contribution is 2.44. The van der Waals surface area contributed by atoms with Gasteiger partial charge in [-0.1, -0.05) is 19.9 Å². The standard InChI is InChI=1S/C19H19F5N2O3/c1-10-8-11(18(20,21)19(22,23)24)4-5-13(10)26-15(27)12-6-7-29-14(12)9-17(2,3)16(25)28/h4-8H,9H2,1-3H3,(H2,25,28)(H,26,27). The fourth-order valence-electron chi connectivity index (χ4n) is 2.52. The van der Waals surface area contributed by atoms with E-state index in [-0.39, 0.29) is 29.0 Å². The van der Waals surface area contributed by atoms with Gasteiger partial charge in [0.05, 0.1) is 17.2 Å². The van der Waals surface area contributed by atoms with Crippen LogP contribution in [-0.2, 0) is 17.1 Å². The summed E-state index contributed by atoms with van der Waals surface area (Å²) in [5, 5.41) is 2.44. The van der Waals surface area contributed by atoms with Crippen molar-refractivity contribution in [1.82, 2.24) is 0 Å². The molecule has 0 aliphatic carbocycles. The van der Waals surface area contributed by atoms with Crippen molar-refractivity contribution in [3.63, 3.8) is 0 Å². The summed E-state index contributed by atoms with van der Waals surface area (Å²) in [5.74, 6) is -6.10. The molecule has 5 nitrogen and oxygen atoms in total. The van der Waals surface area contributed by atoms with Crippen LogP contribution in [0.2, 0.25) is 0 Å². The third kappa shape index (κ3) is 4.57. The van der Waals surface area contributed by atoms with Gasteiger partial charge in [0.2, 0.25) is 5.91 Å². The number of aryl methyl sites for hydroxylation is 1. The maximum Gasteiger partial charge on any atom is 0.458 e. The molecule has 0 saturated heterocycles. The molecule has 0 bridgehead atoms. The number of benzene rings is 1. The molecule has 1 aromatic carbocycles. The van der Waals surface area contributed by atoms with Gasteiger partial charge in [-0.05, 0) is 30.7 Å². The second-order valence-corrected chi connectivity index (χ2v) is 7.24. The molecule has 29 heavy (non-hydrogen) atoms. The Morgan fingerprint density at radius 3 is 2.24 bits per heavy atom. The van der Waals surface area contributed by atoms with Gasteiger partial charge in [0, 0.05) is 17.7 Å². The molecule has 3 N–H and O–H groups in total. The molecule has 2 rings (SSSR count). The van der Waals surface area contributed by atoms with E-state index in [1.165, 1.54) is 19.3 Å². The largest absolute Gasteiger partial charge is 0.468 e. The van der Waals surface area contributed by atoms with Crippen LogP contribution in [0, 0.1) is 12.3 Å². The highest BCUT2D eigenvalue weighted by molar-refractivity contribution is 6.05. The van der Waals surface area contributed by atoms with Crippen molar-refractivity contribution in [2.24, 2.45) is 11.1 Å². The summed E-state index contributed by atoms with van der Waals surface area (Å²) in [6, 6.07) is 3.58. The molecule has 0 fully saturated rings. The van der Waals surface area contributed by atoms with Gasteiger partial charge in [-0.25, -0.2) is 0 Å². The molecule has 2 aromatic rings. The fourth-order valence-corrected chi connectivity index (χ4v) is 2.52. The second-order valence-electron chi connectivity index (χ2n) is 7.24. The Labute approximate surface area is 163 Å². The number of primary amides is 1. The van der Waals surface area contributed by atoms with E-state index in [0.717, 1.165) is 6.07 Å². The lowest BCUT2D eigenvalue weighted by molar-refractivity contribution is -0.289. The summed E-state index contributed by atoms with van der Waals surface area (Å²) >= 11 is 0. The van der Waals surface area contributed by atoms with Crippen LogP contribution in [0.15, 0.2) is 34.9 Å². The van der Waals surface area contributed by atoms with E-state index in [2.05, 4.69) is 5.32 Å². The molecule has 0 radical (unpaired) electrons. The van der Waals surface area contributed by atoms with Crippen molar-refractivity contribution in [2.75, 3.05) is 5.32 Å². The Balaban J connectivity index is 2.25. The molecule has 0 unspecified atom stereocenters. The summed E-state index contributed by atoms with van der Waals surface area (Å²) in [4.78, 5) is 24.0. The molecule has 158 valence electrons. The van der Waals surface area contributed by atoms with Crippen LogP contribution in [0.1, 0.15) is 41.1 Å². The van der Waals surface area contributed by atoms with Crippen LogP contribution in [0.25, 0.3) is 0 Å². The normalized spacial score (nSPS) is 12.7. The number of carbonyl (C=O) groups is 2. The first kappa shape index (κ1) is 22.4. The number of hydrogen-bond acceptors (Lipinski definition) is 3. The van der Waals surface area contributed by atoms with Gasteiger partial charge < -0.3 is 15.5 Å². The molecule has 0 saturated carbocycles. The van der Waals surface area contributed by atoms with Crippen molar-refractivity contribution in [1.29, 1.82) is 0 Å². The second kappa shape index (κ2) is 7.49. The third-order valence-corrected chi connectivity index (χ3v) is 4.45. The van der Waals surface area contributed by atoms with E-state index in [0.29, 0.717) is 12.1 Å². The highest BCUT2D eigenvalue weighted by atomic mass is 19.4. The molecule has 0 aliphatic heterocycles. The Morgan fingerprint density at radius 2 is 1.72 bits per heavy atom. The van der Waals surface area contributed by atoms with Crippen molar-refractivity contribution in [2.45, 2.75) is 39.3 Å².